The molecule has 0 aromatic heterocycles. The van der Waals surface area contributed by atoms with Gasteiger partial charge in [-0.3, -0.25) is 4.79 Å². The van der Waals surface area contributed by atoms with Crippen molar-refractivity contribution in [2.75, 3.05) is 19.8 Å². The van der Waals surface area contributed by atoms with E-state index in [2.05, 4.69) is 5.32 Å². The largest absolute Gasteiger partial charge is 0.380 e. The molecule has 0 aliphatic carbocycles. The van der Waals surface area contributed by atoms with Crippen LogP contribution in [0.25, 0.3) is 6.08 Å². The van der Waals surface area contributed by atoms with Crippen LogP contribution in [-0.2, 0) is 9.53 Å². The van der Waals surface area contributed by atoms with Crippen LogP contribution in [0.15, 0.2) is 30.3 Å². The van der Waals surface area contributed by atoms with Gasteiger partial charge in [0.2, 0.25) is 5.91 Å². The number of carbonyl (C=O) groups excluding carboxylic acids is 1. The molecule has 0 unspecified atom stereocenters. The van der Waals surface area contributed by atoms with E-state index in [0.29, 0.717) is 19.8 Å². The number of carbonyl (C=O) groups is 1. The lowest BCUT2D eigenvalue weighted by Gasteiger charge is -2.01. The molecule has 0 aliphatic heterocycles. The number of halogens is 1. The number of hydrogen-bond acceptors (Lipinski definition) is 2. The van der Waals surface area contributed by atoms with Crippen LogP contribution in [0.1, 0.15) is 12.5 Å². The molecule has 0 spiro atoms. The number of rotatable bonds is 6. The summed E-state index contributed by atoms with van der Waals surface area (Å²) in [5.41, 5.74) is 0.784. The Balaban J connectivity index is 2.32. The van der Waals surface area contributed by atoms with Gasteiger partial charge in [-0.05, 0) is 30.7 Å². The summed E-state index contributed by atoms with van der Waals surface area (Å²) in [5.74, 6) is -0.475. The Kier molecular flexibility index (Phi) is 5.96. The van der Waals surface area contributed by atoms with Crippen LogP contribution in [0, 0.1) is 5.82 Å². The van der Waals surface area contributed by atoms with Gasteiger partial charge in [0.1, 0.15) is 5.82 Å². The summed E-state index contributed by atoms with van der Waals surface area (Å²) >= 11 is 0. The maximum Gasteiger partial charge on any atom is 0.244 e. The molecule has 0 aliphatic rings. The minimum atomic E-state index is -0.289. The van der Waals surface area contributed by atoms with E-state index in [4.69, 9.17) is 4.74 Å². The molecule has 4 heteroatoms. The maximum atomic E-state index is 12.6. The van der Waals surface area contributed by atoms with Crippen molar-refractivity contribution >= 4 is 12.0 Å². The third-order valence-electron chi connectivity index (χ3n) is 2.05. The second kappa shape index (κ2) is 7.57. The fraction of sp³-hybridized carbons (Fsp3) is 0.308. The van der Waals surface area contributed by atoms with Crippen LogP contribution in [0.3, 0.4) is 0 Å². The molecule has 0 fully saturated rings. The molecule has 92 valence electrons. The van der Waals surface area contributed by atoms with Crippen LogP contribution in [0.5, 0.6) is 0 Å². The average Bonchev–Trinajstić information content (AvgIpc) is 2.34. The average molecular weight is 237 g/mol. The fourth-order valence-electron chi connectivity index (χ4n) is 1.20. The van der Waals surface area contributed by atoms with Gasteiger partial charge in [0.25, 0.3) is 0 Å². The fourth-order valence-corrected chi connectivity index (χ4v) is 1.20. The van der Waals surface area contributed by atoms with Gasteiger partial charge in [-0.1, -0.05) is 12.1 Å². The van der Waals surface area contributed by atoms with Crippen molar-refractivity contribution in [3.8, 4) is 0 Å². The summed E-state index contributed by atoms with van der Waals surface area (Å²) in [7, 11) is 0. The van der Waals surface area contributed by atoms with E-state index in [0.717, 1.165) is 5.56 Å². The lowest BCUT2D eigenvalue weighted by molar-refractivity contribution is -0.116. The number of ether oxygens (including phenoxy) is 1. The molecule has 17 heavy (non-hydrogen) atoms. The lowest BCUT2D eigenvalue weighted by atomic mass is 10.2. The van der Waals surface area contributed by atoms with Gasteiger partial charge in [-0.25, -0.2) is 4.39 Å². The van der Waals surface area contributed by atoms with Crippen molar-refractivity contribution in [1.82, 2.24) is 5.32 Å². The first-order valence-corrected chi connectivity index (χ1v) is 5.51. The molecule has 1 rings (SSSR count). The van der Waals surface area contributed by atoms with Crippen LogP contribution >= 0.6 is 0 Å². The molecule has 1 aromatic carbocycles. The van der Waals surface area contributed by atoms with Gasteiger partial charge in [0.05, 0.1) is 6.61 Å². The highest BCUT2D eigenvalue weighted by molar-refractivity contribution is 5.91. The van der Waals surface area contributed by atoms with E-state index in [9.17, 15) is 9.18 Å². The molecule has 0 atom stereocenters. The van der Waals surface area contributed by atoms with Crippen LogP contribution in [-0.4, -0.2) is 25.7 Å². The van der Waals surface area contributed by atoms with Gasteiger partial charge in [-0.15, -0.1) is 0 Å². The molecule has 1 aromatic rings. The quantitative estimate of drug-likeness (QED) is 0.607. The van der Waals surface area contributed by atoms with Crippen molar-refractivity contribution < 1.29 is 13.9 Å². The standard InChI is InChI=1S/C13H16FNO2/c1-2-17-10-9-15-13(16)8-5-11-3-6-12(14)7-4-11/h3-8H,2,9-10H2,1H3,(H,15,16)/b8-5+. The Labute approximate surface area is 100 Å². The summed E-state index contributed by atoms with van der Waals surface area (Å²) < 4.78 is 17.7. The molecule has 0 heterocycles. The zero-order valence-electron chi connectivity index (χ0n) is 9.78. The Morgan fingerprint density at radius 2 is 2.12 bits per heavy atom. The van der Waals surface area contributed by atoms with Crippen LogP contribution in [0.2, 0.25) is 0 Å². The number of nitrogens with one attached hydrogen (secondary N) is 1. The topological polar surface area (TPSA) is 38.3 Å². The van der Waals surface area contributed by atoms with E-state index in [-0.39, 0.29) is 11.7 Å². The minimum Gasteiger partial charge on any atom is -0.380 e. The van der Waals surface area contributed by atoms with Crippen LogP contribution in [0.4, 0.5) is 4.39 Å². The second-order valence-corrected chi connectivity index (χ2v) is 3.37. The zero-order valence-corrected chi connectivity index (χ0v) is 9.78. The molecular weight excluding hydrogens is 221 g/mol. The summed E-state index contributed by atoms with van der Waals surface area (Å²) in [6.07, 6.45) is 3.05. The van der Waals surface area contributed by atoms with Gasteiger partial charge < -0.3 is 10.1 Å². The molecule has 1 N–H and O–H groups in total. The summed E-state index contributed by atoms with van der Waals surface area (Å²) in [4.78, 5) is 11.3. The number of benzene rings is 1. The zero-order chi connectivity index (χ0) is 12.5. The summed E-state index contributed by atoms with van der Waals surface area (Å²) in [6.45, 7) is 3.53. The predicted octanol–water partition coefficient (Wildman–Crippen LogP) is 1.99. The molecule has 0 saturated heterocycles. The molecule has 0 bridgehead atoms. The van der Waals surface area contributed by atoms with Gasteiger partial charge in [-0.2, -0.15) is 0 Å². The normalized spacial score (nSPS) is 10.7. The first kappa shape index (κ1) is 13.4. The Morgan fingerprint density at radius 3 is 2.76 bits per heavy atom. The SMILES string of the molecule is CCOCCNC(=O)/C=C/c1ccc(F)cc1. The first-order valence-electron chi connectivity index (χ1n) is 5.51. The molecule has 0 radical (unpaired) electrons. The number of hydrogen-bond donors (Lipinski definition) is 1. The molecule has 0 saturated carbocycles. The second-order valence-electron chi connectivity index (χ2n) is 3.37. The smallest absolute Gasteiger partial charge is 0.244 e. The van der Waals surface area contributed by atoms with Crippen molar-refractivity contribution in [3.63, 3.8) is 0 Å². The van der Waals surface area contributed by atoms with Crippen LogP contribution < -0.4 is 5.32 Å². The van der Waals surface area contributed by atoms with Gasteiger partial charge in [0, 0.05) is 19.2 Å². The van der Waals surface area contributed by atoms with Crippen molar-refractivity contribution in [3.05, 3.63) is 41.7 Å². The van der Waals surface area contributed by atoms with Crippen molar-refractivity contribution in [2.24, 2.45) is 0 Å². The van der Waals surface area contributed by atoms with E-state index in [1.807, 2.05) is 6.92 Å². The van der Waals surface area contributed by atoms with E-state index in [1.165, 1.54) is 18.2 Å². The summed E-state index contributed by atoms with van der Waals surface area (Å²) in [5, 5.41) is 2.67. The third-order valence-corrected chi connectivity index (χ3v) is 2.05. The monoisotopic (exact) mass is 237 g/mol. The molecule has 1 amide bonds. The highest BCUT2D eigenvalue weighted by Gasteiger charge is 1.94. The van der Waals surface area contributed by atoms with E-state index in [1.54, 1.807) is 18.2 Å². The number of amides is 1. The molecule has 3 nitrogen and oxygen atoms in total. The van der Waals surface area contributed by atoms with E-state index < -0.39 is 0 Å². The Bertz CT molecular complexity index is 374. The van der Waals surface area contributed by atoms with Gasteiger partial charge >= 0.3 is 0 Å². The first-order chi connectivity index (χ1) is 8.22. The highest BCUT2D eigenvalue weighted by atomic mass is 19.1. The maximum absolute atomic E-state index is 12.6. The predicted molar refractivity (Wildman–Crippen MR) is 64.9 cm³/mol. The molecular formula is C13H16FNO2. The third kappa shape index (κ3) is 5.82. The minimum absolute atomic E-state index is 0.186. The van der Waals surface area contributed by atoms with Gasteiger partial charge in [0.15, 0.2) is 0 Å². The lowest BCUT2D eigenvalue weighted by Crippen LogP contribution is -2.25. The highest BCUT2D eigenvalue weighted by Crippen LogP contribution is 2.04. The summed E-state index contributed by atoms with van der Waals surface area (Å²) in [6, 6.07) is 5.93. The Morgan fingerprint density at radius 1 is 1.41 bits per heavy atom. The van der Waals surface area contributed by atoms with Crippen molar-refractivity contribution in [1.29, 1.82) is 0 Å². The Hall–Kier alpha value is -1.68. The van der Waals surface area contributed by atoms with E-state index >= 15 is 0 Å². The van der Waals surface area contributed by atoms with Crippen molar-refractivity contribution in [2.45, 2.75) is 6.92 Å².